The van der Waals surface area contributed by atoms with Crippen molar-refractivity contribution in [1.82, 2.24) is 0 Å². The molecule has 0 aliphatic heterocycles. The van der Waals surface area contributed by atoms with Crippen LogP contribution in [-0.2, 0) is 0 Å². The van der Waals surface area contributed by atoms with Crippen molar-refractivity contribution in [2.45, 2.75) is 91.4 Å². The molecule has 3 aliphatic carbocycles. The summed E-state index contributed by atoms with van der Waals surface area (Å²) in [6, 6.07) is 0. The quantitative estimate of drug-likeness (QED) is 0.531. The predicted octanol–water partition coefficient (Wildman–Crippen LogP) is 6.69. The van der Waals surface area contributed by atoms with Crippen LogP contribution in [0.5, 0.6) is 0 Å². The van der Waals surface area contributed by atoms with E-state index in [1.54, 1.807) is 32.1 Å². The Labute approximate surface area is 133 Å². The van der Waals surface area contributed by atoms with Crippen molar-refractivity contribution in [3.63, 3.8) is 0 Å². The average molecular weight is 291 g/mol. The van der Waals surface area contributed by atoms with Crippen LogP contribution in [0.3, 0.4) is 0 Å². The van der Waals surface area contributed by atoms with Gasteiger partial charge in [-0.2, -0.15) is 0 Å². The molecule has 0 N–H and O–H groups in total. The molecule has 5 atom stereocenters. The summed E-state index contributed by atoms with van der Waals surface area (Å²) in [5.74, 6) is 7.27. The molecule has 0 bridgehead atoms. The molecular weight excluding hydrogens is 252 g/mol. The van der Waals surface area contributed by atoms with Gasteiger partial charge < -0.3 is 0 Å². The van der Waals surface area contributed by atoms with Crippen LogP contribution < -0.4 is 0 Å². The minimum absolute atomic E-state index is 0.899. The van der Waals surface area contributed by atoms with E-state index >= 15 is 0 Å². The van der Waals surface area contributed by atoms with Gasteiger partial charge in [0.2, 0.25) is 0 Å². The maximum atomic E-state index is 2.57. The normalized spacial score (nSPS) is 42.6. The van der Waals surface area contributed by atoms with Crippen LogP contribution in [0.2, 0.25) is 0 Å². The van der Waals surface area contributed by atoms with E-state index in [4.69, 9.17) is 0 Å². The van der Waals surface area contributed by atoms with Gasteiger partial charge in [-0.3, -0.25) is 0 Å². The van der Waals surface area contributed by atoms with Crippen molar-refractivity contribution in [2.24, 2.45) is 41.4 Å². The predicted molar refractivity (Wildman–Crippen MR) is 92.2 cm³/mol. The first-order chi connectivity index (χ1) is 10.2. The van der Waals surface area contributed by atoms with Crippen LogP contribution in [0, 0.1) is 41.4 Å². The van der Waals surface area contributed by atoms with E-state index in [9.17, 15) is 0 Å². The zero-order valence-corrected chi connectivity index (χ0v) is 14.8. The smallest absolute Gasteiger partial charge is 0.0334 e. The van der Waals surface area contributed by atoms with Crippen LogP contribution in [0.15, 0.2) is 0 Å². The molecule has 5 unspecified atom stereocenters. The number of hydrogen-bond donors (Lipinski definition) is 0. The molecule has 0 amide bonds. The van der Waals surface area contributed by atoms with Crippen LogP contribution >= 0.6 is 0 Å². The highest BCUT2D eigenvalue weighted by Gasteiger charge is 2.44. The van der Waals surface area contributed by atoms with Crippen molar-refractivity contribution in [1.29, 1.82) is 0 Å². The first-order valence-electron chi connectivity index (χ1n) is 10.2. The molecule has 0 nitrogen and oxygen atoms in total. The molecule has 0 heteroatoms. The van der Waals surface area contributed by atoms with Gasteiger partial charge in [0, 0.05) is 0 Å². The largest absolute Gasteiger partial charge is 0.0625 e. The van der Waals surface area contributed by atoms with E-state index < -0.39 is 0 Å². The summed E-state index contributed by atoms with van der Waals surface area (Å²) in [6.45, 7) is 7.59. The number of hydrogen-bond acceptors (Lipinski definition) is 0. The lowest BCUT2D eigenvalue weighted by Gasteiger charge is -2.44. The maximum Gasteiger partial charge on any atom is -0.0334 e. The van der Waals surface area contributed by atoms with Gasteiger partial charge in [-0.1, -0.05) is 72.1 Å². The first kappa shape index (κ1) is 15.9. The van der Waals surface area contributed by atoms with E-state index in [-0.39, 0.29) is 0 Å². The van der Waals surface area contributed by atoms with E-state index in [1.807, 2.05) is 0 Å². The van der Waals surface area contributed by atoms with Crippen molar-refractivity contribution < 1.29 is 0 Å². The van der Waals surface area contributed by atoms with Crippen molar-refractivity contribution in [2.75, 3.05) is 0 Å². The summed E-state index contributed by atoms with van der Waals surface area (Å²) in [5, 5.41) is 0. The van der Waals surface area contributed by atoms with Gasteiger partial charge in [0.15, 0.2) is 0 Å². The average Bonchev–Trinajstić information content (AvgIpc) is 2.91. The van der Waals surface area contributed by atoms with Crippen molar-refractivity contribution >= 4 is 0 Å². The minimum atomic E-state index is 0.899. The zero-order valence-electron chi connectivity index (χ0n) is 14.8. The summed E-state index contributed by atoms with van der Waals surface area (Å²) in [7, 11) is 0. The van der Waals surface area contributed by atoms with Crippen molar-refractivity contribution in [3.8, 4) is 0 Å². The topological polar surface area (TPSA) is 0 Å². The van der Waals surface area contributed by atoms with Crippen LogP contribution in [0.25, 0.3) is 0 Å². The van der Waals surface area contributed by atoms with Crippen LogP contribution in [0.1, 0.15) is 91.4 Å². The molecule has 0 heterocycles. The molecule has 122 valence electrons. The Kier molecular flexibility index (Phi) is 5.33. The van der Waals surface area contributed by atoms with Gasteiger partial charge in [-0.05, 0) is 60.7 Å². The lowest BCUT2D eigenvalue weighted by molar-refractivity contribution is 0.0473. The van der Waals surface area contributed by atoms with Crippen molar-refractivity contribution in [3.05, 3.63) is 0 Å². The highest BCUT2D eigenvalue weighted by Crippen LogP contribution is 2.53. The second-order valence-electron chi connectivity index (χ2n) is 9.05. The molecule has 0 spiro atoms. The Morgan fingerprint density at radius 2 is 1.24 bits per heavy atom. The number of rotatable bonds is 2. The lowest BCUT2D eigenvalue weighted by Crippen LogP contribution is -2.37. The molecule has 0 aromatic rings. The second-order valence-corrected chi connectivity index (χ2v) is 9.05. The third-order valence-corrected chi connectivity index (χ3v) is 7.55. The van der Waals surface area contributed by atoms with Crippen LogP contribution in [0.4, 0.5) is 0 Å². The molecule has 3 rings (SSSR count). The Hall–Kier alpha value is 0. The molecule has 0 aromatic heterocycles. The summed E-state index contributed by atoms with van der Waals surface area (Å²) in [4.78, 5) is 0. The SMILES string of the molecule is CC(C)C1C(C)CCCC(C2CCCCC2)C2CCCC21. The fourth-order valence-corrected chi connectivity index (χ4v) is 6.83. The Balaban J connectivity index is 1.79. The van der Waals surface area contributed by atoms with Gasteiger partial charge >= 0.3 is 0 Å². The van der Waals surface area contributed by atoms with E-state index in [0.29, 0.717) is 0 Å². The van der Waals surface area contributed by atoms with Gasteiger partial charge in [0.1, 0.15) is 0 Å². The van der Waals surface area contributed by atoms with Crippen LogP contribution in [-0.4, -0.2) is 0 Å². The zero-order chi connectivity index (χ0) is 14.8. The minimum Gasteiger partial charge on any atom is -0.0625 e. The van der Waals surface area contributed by atoms with E-state index in [1.165, 1.54) is 38.5 Å². The standard InChI is InChI=1S/C21H38/c1-15(2)21-16(3)9-7-12-18(17-10-5-4-6-11-17)19-13-8-14-20(19)21/h15-21H,4-14H2,1-3H3. The van der Waals surface area contributed by atoms with Gasteiger partial charge in [0.05, 0.1) is 0 Å². The Morgan fingerprint density at radius 1 is 0.619 bits per heavy atom. The lowest BCUT2D eigenvalue weighted by atomic mass is 9.61. The summed E-state index contributed by atoms with van der Waals surface area (Å²) < 4.78 is 0. The summed E-state index contributed by atoms with van der Waals surface area (Å²) in [5.41, 5.74) is 0. The molecule has 3 saturated carbocycles. The third-order valence-electron chi connectivity index (χ3n) is 7.55. The fraction of sp³-hybridized carbons (Fsp3) is 1.00. The number of fused-ring (bicyclic) bond motifs is 1. The molecule has 0 radical (unpaired) electrons. The molecule has 0 saturated heterocycles. The second kappa shape index (κ2) is 7.05. The van der Waals surface area contributed by atoms with E-state index in [2.05, 4.69) is 20.8 Å². The molecule has 3 fully saturated rings. The Bertz CT molecular complexity index is 312. The molecule has 21 heavy (non-hydrogen) atoms. The van der Waals surface area contributed by atoms with E-state index in [0.717, 1.165) is 41.4 Å². The maximum absolute atomic E-state index is 2.57. The van der Waals surface area contributed by atoms with Gasteiger partial charge in [-0.25, -0.2) is 0 Å². The third kappa shape index (κ3) is 3.35. The molecule has 3 aliphatic rings. The first-order valence-corrected chi connectivity index (χ1v) is 10.2. The molecule has 0 aromatic carbocycles. The highest BCUT2D eigenvalue weighted by molar-refractivity contribution is 4.93. The summed E-state index contributed by atoms with van der Waals surface area (Å²) >= 11 is 0. The Morgan fingerprint density at radius 3 is 1.95 bits per heavy atom. The van der Waals surface area contributed by atoms with Gasteiger partial charge in [-0.15, -0.1) is 0 Å². The van der Waals surface area contributed by atoms with Gasteiger partial charge in [0.25, 0.3) is 0 Å². The highest BCUT2D eigenvalue weighted by atomic mass is 14.5. The molecular formula is C21H38. The summed E-state index contributed by atoms with van der Waals surface area (Å²) in [6.07, 6.45) is 17.0. The fourth-order valence-electron chi connectivity index (χ4n) is 6.83. The monoisotopic (exact) mass is 290 g/mol.